The zero-order chi connectivity index (χ0) is 16.4. The van der Waals surface area contributed by atoms with Crippen LogP contribution in [-0.4, -0.2) is 10.2 Å². The minimum absolute atomic E-state index is 0.0776. The van der Waals surface area contributed by atoms with E-state index in [0.717, 1.165) is 17.5 Å². The Morgan fingerprint density at radius 1 is 0.913 bits per heavy atom. The predicted octanol–water partition coefficient (Wildman–Crippen LogP) is 5.80. The van der Waals surface area contributed by atoms with Gasteiger partial charge in [0.1, 0.15) is 11.6 Å². The number of halogens is 2. The van der Waals surface area contributed by atoms with E-state index >= 15 is 0 Å². The second-order valence-electron chi connectivity index (χ2n) is 6.61. The summed E-state index contributed by atoms with van der Waals surface area (Å²) < 4.78 is 27.4. The van der Waals surface area contributed by atoms with E-state index < -0.39 is 11.6 Å². The van der Waals surface area contributed by atoms with Crippen molar-refractivity contribution < 1.29 is 8.78 Å². The van der Waals surface area contributed by atoms with Gasteiger partial charge in [0.25, 0.3) is 0 Å². The van der Waals surface area contributed by atoms with E-state index in [0.29, 0.717) is 11.5 Å². The number of hydrogen-bond acceptors (Lipinski definition) is 0. The summed E-state index contributed by atoms with van der Waals surface area (Å²) in [5.41, 5.74) is 2.88. The third-order valence-corrected chi connectivity index (χ3v) is 5.71. The van der Waals surface area contributed by atoms with E-state index in [1.807, 2.05) is 12.1 Å². The molecule has 3 rings (SSSR count). The minimum atomic E-state index is -0.489. The van der Waals surface area contributed by atoms with Crippen LogP contribution in [0.5, 0.6) is 0 Å². The van der Waals surface area contributed by atoms with Crippen LogP contribution in [-0.2, 0) is 0 Å². The van der Waals surface area contributed by atoms with E-state index in [1.54, 1.807) is 0 Å². The Morgan fingerprint density at radius 2 is 1.48 bits per heavy atom. The number of hydrogen-bond donors (Lipinski definition) is 0. The molecule has 0 nitrogen and oxygen atoms in total. The molecule has 0 bridgehead atoms. The molecule has 1 aliphatic rings. The molecule has 0 unspecified atom stereocenters. The van der Waals surface area contributed by atoms with Crippen molar-refractivity contribution in [3.05, 3.63) is 59.2 Å². The quantitative estimate of drug-likeness (QED) is 0.625. The van der Waals surface area contributed by atoms with Crippen LogP contribution in [0.1, 0.15) is 42.7 Å². The molecule has 0 N–H and O–H groups in total. The monoisotopic (exact) mass is 327 g/mol. The van der Waals surface area contributed by atoms with Crippen molar-refractivity contribution in [1.29, 1.82) is 0 Å². The molecule has 1 aliphatic carbocycles. The zero-order valence-corrected chi connectivity index (χ0v) is 14.4. The fourth-order valence-electron chi connectivity index (χ4n) is 3.46. The van der Waals surface area contributed by atoms with Gasteiger partial charge in [-0.25, -0.2) is 8.78 Å². The topological polar surface area (TPSA) is 0 Å². The van der Waals surface area contributed by atoms with Crippen molar-refractivity contribution in [3.8, 4) is 11.1 Å². The Hall–Kier alpha value is -1.48. The average Bonchev–Trinajstić information content (AvgIpc) is 2.59. The summed E-state index contributed by atoms with van der Waals surface area (Å²) in [6.07, 6.45) is 4.99. The average molecular weight is 327 g/mol. The highest BCUT2D eigenvalue weighted by atomic mass is 28.1. The molecular formula is C20H21F2Si. The minimum Gasteiger partial charge on any atom is -0.207 e. The van der Waals surface area contributed by atoms with Crippen LogP contribution in [0.25, 0.3) is 11.1 Å². The fourth-order valence-corrected chi connectivity index (χ4v) is 3.87. The molecule has 0 heterocycles. The van der Waals surface area contributed by atoms with Gasteiger partial charge in [0, 0.05) is 15.8 Å². The predicted molar refractivity (Wildman–Crippen MR) is 91.8 cm³/mol. The van der Waals surface area contributed by atoms with Crippen molar-refractivity contribution in [2.75, 3.05) is 0 Å². The van der Waals surface area contributed by atoms with E-state index in [1.165, 1.54) is 50.3 Å². The molecule has 3 heteroatoms. The maximum atomic E-state index is 13.7. The lowest BCUT2D eigenvalue weighted by atomic mass is 9.79. The first-order valence-corrected chi connectivity index (χ1v) is 8.99. The van der Waals surface area contributed by atoms with E-state index in [9.17, 15) is 8.78 Å². The molecule has 0 atom stereocenters. The van der Waals surface area contributed by atoms with Crippen LogP contribution in [0.3, 0.4) is 0 Å². The second kappa shape index (κ2) is 6.96. The summed E-state index contributed by atoms with van der Waals surface area (Å²) in [7, 11) is 3.63. The standard InChI is InChI=1S/C20H21F2Si/c1-13-19(21)10-18(11-20(13)22)17-8-6-16(7-9-17)15-4-2-14(12-23)3-5-15/h6-11,14-15H,2-5,12H2,1H3. The van der Waals surface area contributed by atoms with Gasteiger partial charge in [0.2, 0.25) is 0 Å². The van der Waals surface area contributed by atoms with Crippen molar-refractivity contribution in [3.63, 3.8) is 0 Å². The van der Waals surface area contributed by atoms with Crippen LogP contribution in [0.2, 0.25) is 6.04 Å². The molecule has 0 saturated heterocycles. The Balaban J connectivity index is 1.77. The van der Waals surface area contributed by atoms with Crippen molar-refractivity contribution in [1.82, 2.24) is 0 Å². The van der Waals surface area contributed by atoms with E-state index in [2.05, 4.69) is 22.4 Å². The SMILES string of the molecule is Cc1c(F)cc(-c2ccc(C3CCC(C[Si])CC3)cc2)cc1F. The molecule has 0 aliphatic heterocycles. The van der Waals surface area contributed by atoms with Crippen molar-refractivity contribution >= 4 is 10.2 Å². The summed E-state index contributed by atoms with van der Waals surface area (Å²) in [6.45, 7) is 1.46. The van der Waals surface area contributed by atoms with Gasteiger partial charge in [0.15, 0.2) is 0 Å². The normalized spacial score (nSPS) is 21.4. The first-order chi connectivity index (χ1) is 11.1. The van der Waals surface area contributed by atoms with Crippen molar-refractivity contribution in [2.24, 2.45) is 5.92 Å². The Bertz CT molecular complexity index is 648. The number of rotatable bonds is 3. The highest BCUT2D eigenvalue weighted by Crippen LogP contribution is 2.37. The molecule has 0 amide bonds. The van der Waals surface area contributed by atoms with Gasteiger partial charge in [-0.3, -0.25) is 0 Å². The molecule has 1 fully saturated rings. The Morgan fingerprint density at radius 3 is 2.00 bits per heavy atom. The maximum Gasteiger partial charge on any atom is 0.129 e. The Labute approximate surface area is 140 Å². The molecule has 23 heavy (non-hydrogen) atoms. The molecule has 0 spiro atoms. The molecule has 1 saturated carbocycles. The van der Waals surface area contributed by atoms with Gasteiger partial charge in [0.05, 0.1) is 0 Å². The molecule has 2 aromatic carbocycles. The van der Waals surface area contributed by atoms with Gasteiger partial charge >= 0.3 is 0 Å². The van der Waals surface area contributed by atoms with Gasteiger partial charge in [-0.05, 0) is 60.4 Å². The van der Waals surface area contributed by atoms with Crippen LogP contribution in [0.4, 0.5) is 8.78 Å². The molecular weight excluding hydrogens is 306 g/mol. The maximum absolute atomic E-state index is 13.7. The molecule has 119 valence electrons. The first kappa shape index (κ1) is 16.4. The van der Waals surface area contributed by atoms with E-state index in [4.69, 9.17) is 0 Å². The lowest BCUT2D eigenvalue weighted by Crippen LogP contribution is -2.12. The summed E-state index contributed by atoms with van der Waals surface area (Å²) in [4.78, 5) is 0. The summed E-state index contributed by atoms with van der Waals surface area (Å²) in [6, 6.07) is 12.1. The van der Waals surface area contributed by atoms with Crippen LogP contribution in [0.15, 0.2) is 36.4 Å². The third-order valence-electron chi connectivity index (χ3n) is 5.13. The molecule has 0 aromatic heterocycles. The van der Waals surface area contributed by atoms with Crippen LogP contribution >= 0.6 is 0 Å². The Kier molecular flexibility index (Phi) is 4.95. The van der Waals surface area contributed by atoms with Crippen molar-refractivity contribution in [2.45, 2.75) is 44.6 Å². The van der Waals surface area contributed by atoms with Gasteiger partial charge in [-0.2, -0.15) is 0 Å². The van der Waals surface area contributed by atoms with Gasteiger partial charge in [-0.15, -0.1) is 0 Å². The molecule has 2 aromatic rings. The van der Waals surface area contributed by atoms with Crippen LogP contribution < -0.4 is 0 Å². The van der Waals surface area contributed by atoms with Gasteiger partial charge < -0.3 is 0 Å². The summed E-state index contributed by atoms with van der Waals surface area (Å²) in [5.74, 6) is 0.444. The number of benzene rings is 2. The second-order valence-corrected chi connectivity index (χ2v) is 7.02. The zero-order valence-electron chi connectivity index (χ0n) is 13.4. The van der Waals surface area contributed by atoms with E-state index in [-0.39, 0.29) is 5.56 Å². The summed E-state index contributed by atoms with van der Waals surface area (Å²) >= 11 is 0. The smallest absolute Gasteiger partial charge is 0.129 e. The highest BCUT2D eigenvalue weighted by molar-refractivity contribution is 6.08. The third kappa shape index (κ3) is 3.55. The lowest BCUT2D eigenvalue weighted by molar-refractivity contribution is 0.348. The lowest BCUT2D eigenvalue weighted by Gasteiger charge is -2.28. The highest BCUT2D eigenvalue weighted by Gasteiger charge is 2.21. The first-order valence-electron chi connectivity index (χ1n) is 8.29. The van der Waals surface area contributed by atoms with Crippen LogP contribution in [0, 0.1) is 24.5 Å². The fraction of sp³-hybridized carbons (Fsp3) is 0.400. The molecule has 3 radical (unpaired) electrons. The summed E-state index contributed by atoms with van der Waals surface area (Å²) in [5, 5.41) is 0. The van der Waals surface area contributed by atoms with Gasteiger partial charge in [-0.1, -0.05) is 43.2 Å². The largest absolute Gasteiger partial charge is 0.207 e.